The number of unbranched alkanes of at least 4 members (excludes halogenated alkanes) is 1. The molecule has 0 aliphatic carbocycles. The minimum Gasteiger partial charge on any atom is -0.362 e. The summed E-state index contributed by atoms with van der Waals surface area (Å²) in [6.45, 7) is 5.26. The molecule has 2 N–H and O–H groups in total. The standard InChI is InChI=1S/C14H22N2S/c1-3-5-8-12-9-6-7-10-13(12)16-14(17)15-11-4-2/h6-7,9-10H,3-5,8,11H2,1-2H3,(H2,15,16,17). The topological polar surface area (TPSA) is 24.1 Å². The summed E-state index contributed by atoms with van der Waals surface area (Å²) in [5, 5.41) is 7.18. The second-order valence-corrected chi connectivity index (χ2v) is 4.55. The fourth-order valence-electron chi connectivity index (χ4n) is 1.63. The van der Waals surface area contributed by atoms with Crippen LogP contribution in [0.3, 0.4) is 0 Å². The Balaban J connectivity index is 2.59. The zero-order valence-electron chi connectivity index (χ0n) is 10.8. The van der Waals surface area contributed by atoms with Gasteiger partial charge in [-0.2, -0.15) is 0 Å². The number of para-hydroxylation sites is 1. The first-order valence-corrected chi connectivity index (χ1v) is 6.81. The molecule has 0 aliphatic rings. The lowest BCUT2D eigenvalue weighted by Gasteiger charge is -2.13. The van der Waals surface area contributed by atoms with Gasteiger partial charge in [0.25, 0.3) is 0 Å². The van der Waals surface area contributed by atoms with E-state index in [1.54, 1.807) is 0 Å². The third kappa shape index (κ3) is 5.18. The molecule has 0 heterocycles. The van der Waals surface area contributed by atoms with Gasteiger partial charge in [0.15, 0.2) is 5.11 Å². The van der Waals surface area contributed by atoms with Crippen molar-refractivity contribution >= 4 is 23.0 Å². The Bertz CT molecular complexity index is 350. The summed E-state index contributed by atoms with van der Waals surface area (Å²) in [4.78, 5) is 0. The Kier molecular flexibility index (Phi) is 6.63. The maximum atomic E-state index is 5.25. The molecule has 0 unspecified atom stereocenters. The van der Waals surface area contributed by atoms with E-state index >= 15 is 0 Å². The number of anilines is 1. The highest BCUT2D eigenvalue weighted by Gasteiger charge is 2.02. The minimum absolute atomic E-state index is 0.718. The van der Waals surface area contributed by atoms with Gasteiger partial charge in [0, 0.05) is 12.2 Å². The van der Waals surface area contributed by atoms with Crippen molar-refractivity contribution in [3.63, 3.8) is 0 Å². The van der Waals surface area contributed by atoms with Crippen LogP contribution in [0.15, 0.2) is 24.3 Å². The predicted octanol–water partition coefficient (Wildman–Crippen LogP) is 3.73. The van der Waals surface area contributed by atoms with Crippen molar-refractivity contribution in [2.45, 2.75) is 39.5 Å². The van der Waals surface area contributed by atoms with Crippen molar-refractivity contribution in [1.29, 1.82) is 0 Å². The molecule has 0 fully saturated rings. The van der Waals surface area contributed by atoms with Crippen LogP contribution in [0, 0.1) is 0 Å². The van der Waals surface area contributed by atoms with Gasteiger partial charge in [0.1, 0.15) is 0 Å². The van der Waals surface area contributed by atoms with Gasteiger partial charge < -0.3 is 10.6 Å². The molecule has 17 heavy (non-hydrogen) atoms. The largest absolute Gasteiger partial charge is 0.362 e. The number of thiocarbonyl (C=S) groups is 1. The third-order valence-electron chi connectivity index (χ3n) is 2.60. The van der Waals surface area contributed by atoms with Gasteiger partial charge in [-0.1, -0.05) is 38.5 Å². The lowest BCUT2D eigenvalue weighted by Crippen LogP contribution is -2.29. The molecule has 2 nitrogen and oxygen atoms in total. The van der Waals surface area contributed by atoms with Crippen molar-refractivity contribution in [2.24, 2.45) is 0 Å². The van der Waals surface area contributed by atoms with Gasteiger partial charge >= 0.3 is 0 Å². The molecule has 1 rings (SSSR count). The van der Waals surface area contributed by atoms with Crippen molar-refractivity contribution in [3.8, 4) is 0 Å². The second kappa shape index (κ2) is 8.07. The lowest BCUT2D eigenvalue weighted by atomic mass is 10.1. The highest BCUT2D eigenvalue weighted by molar-refractivity contribution is 7.80. The third-order valence-corrected chi connectivity index (χ3v) is 2.85. The summed E-state index contributed by atoms with van der Waals surface area (Å²) in [5.41, 5.74) is 2.48. The number of benzene rings is 1. The molecule has 0 bridgehead atoms. The van der Waals surface area contributed by atoms with Crippen molar-refractivity contribution in [2.75, 3.05) is 11.9 Å². The molecule has 0 saturated carbocycles. The quantitative estimate of drug-likeness (QED) is 0.752. The van der Waals surface area contributed by atoms with Crippen molar-refractivity contribution < 1.29 is 0 Å². The van der Waals surface area contributed by atoms with Crippen LogP contribution in [0.1, 0.15) is 38.7 Å². The van der Waals surface area contributed by atoms with Crippen LogP contribution in [0.2, 0.25) is 0 Å². The van der Waals surface area contributed by atoms with Gasteiger partial charge in [-0.25, -0.2) is 0 Å². The fraction of sp³-hybridized carbons (Fsp3) is 0.500. The molecule has 0 aromatic heterocycles. The van der Waals surface area contributed by atoms with Gasteiger partial charge in [0.05, 0.1) is 0 Å². The number of aryl methyl sites for hydroxylation is 1. The smallest absolute Gasteiger partial charge is 0.170 e. The average molecular weight is 250 g/mol. The van der Waals surface area contributed by atoms with E-state index in [0.29, 0.717) is 0 Å². The van der Waals surface area contributed by atoms with Crippen molar-refractivity contribution in [1.82, 2.24) is 5.32 Å². The highest BCUT2D eigenvalue weighted by Crippen LogP contribution is 2.17. The molecule has 94 valence electrons. The number of hydrogen-bond donors (Lipinski definition) is 2. The Morgan fingerprint density at radius 1 is 1.18 bits per heavy atom. The molecule has 1 aromatic rings. The van der Waals surface area contributed by atoms with Crippen LogP contribution in [0.5, 0.6) is 0 Å². The number of hydrogen-bond acceptors (Lipinski definition) is 1. The van der Waals surface area contributed by atoms with E-state index in [1.807, 2.05) is 6.07 Å². The molecular weight excluding hydrogens is 228 g/mol. The van der Waals surface area contributed by atoms with E-state index < -0.39 is 0 Å². The Morgan fingerprint density at radius 2 is 1.94 bits per heavy atom. The first-order valence-electron chi connectivity index (χ1n) is 6.40. The van der Waals surface area contributed by atoms with Crippen LogP contribution >= 0.6 is 12.2 Å². The van der Waals surface area contributed by atoms with Crippen LogP contribution < -0.4 is 10.6 Å². The van der Waals surface area contributed by atoms with Gasteiger partial charge in [-0.15, -0.1) is 0 Å². The SMILES string of the molecule is CCCCc1ccccc1NC(=S)NCCC. The Morgan fingerprint density at radius 3 is 2.65 bits per heavy atom. The monoisotopic (exact) mass is 250 g/mol. The summed E-state index contributed by atoms with van der Waals surface area (Å²) in [6.07, 6.45) is 4.62. The summed E-state index contributed by atoms with van der Waals surface area (Å²) < 4.78 is 0. The second-order valence-electron chi connectivity index (χ2n) is 4.14. The molecule has 0 radical (unpaired) electrons. The van der Waals surface area contributed by atoms with Gasteiger partial charge in [-0.05, 0) is 43.1 Å². The van der Waals surface area contributed by atoms with Crippen LogP contribution in [-0.2, 0) is 6.42 Å². The van der Waals surface area contributed by atoms with E-state index in [4.69, 9.17) is 12.2 Å². The first kappa shape index (κ1) is 14.0. The molecule has 0 aliphatic heterocycles. The van der Waals surface area contributed by atoms with E-state index in [1.165, 1.54) is 18.4 Å². The first-order chi connectivity index (χ1) is 8.27. The van der Waals surface area contributed by atoms with E-state index in [-0.39, 0.29) is 0 Å². The number of nitrogens with one attached hydrogen (secondary N) is 2. The van der Waals surface area contributed by atoms with E-state index in [2.05, 4.69) is 42.7 Å². The van der Waals surface area contributed by atoms with Crippen LogP contribution in [0.4, 0.5) is 5.69 Å². The van der Waals surface area contributed by atoms with Crippen LogP contribution in [0.25, 0.3) is 0 Å². The fourth-order valence-corrected chi connectivity index (χ4v) is 1.84. The van der Waals surface area contributed by atoms with E-state index in [9.17, 15) is 0 Å². The molecule has 0 atom stereocenters. The van der Waals surface area contributed by atoms with Crippen molar-refractivity contribution in [3.05, 3.63) is 29.8 Å². The summed E-state index contributed by atoms with van der Waals surface area (Å²) in [6, 6.07) is 8.38. The maximum absolute atomic E-state index is 5.25. The number of rotatable bonds is 6. The summed E-state index contributed by atoms with van der Waals surface area (Å²) in [5.74, 6) is 0. The maximum Gasteiger partial charge on any atom is 0.170 e. The lowest BCUT2D eigenvalue weighted by molar-refractivity contribution is 0.796. The van der Waals surface area contributed by atoms with Gasteiger partial charge in [0.2, 0.25) is 0 Å². The Hall–Kier alpha value is -1.09. The van der Waals surface area contributed by atoms with Gasteiger partial charge in [-0.3, -0.25) is 0 Å². The molecular formula is C14H22N2S. The Labute approximate surface area is 110 Å². The normalized spacial score (nSPS) is 10.0. The molecule has 1 aromatic carbocycles. The average Bonchev–Trinajstić information content (AvgIpc) is 2.35. The zero-order chi connectivity index (χ0) is 12.5. The highest BCUT2D eigenvalue weighted by atomic mass is 32.1. The summed E-state index contributed by atoms with van der Waals surface area (Å²) >= 11 is 5.25. The summed E-state index contributed by atoms with van der Waals surface area (Å²) in [7, 11) is 0. The molecule has 3 heteroatoms. The molecule has 0 saturated heterocycles. The van der Waals surface area contributed by atoms with Crippen LogP contribution in [-0.4, -0.2) is 11.7 Å². The molecule has 0 spiro atoms. The van der Waals surface area contributed by atoms with E-state index in [0.717, 1.165) is 30.2 Å². The molecule has 0 amide bonds. The minimum atomic E-state index is 0.718. The zero-order valence-corrected chi connectivity index (χ0v) is 11.6. The predicted molar refractivity (Wildman–Crippen MR) is 79.6 cm³/mol.